The number of para-hydroxylation sites is 1. The molecule has 0 aromatic heterocycles. The smallest absolute Gasteiger partial charge is 0.433 e. The van der Waals surface area contributed by atoms with Crippen molar-refractivity contribution in [2.75, 3.05) is 18.5 Å². The average Bonchev–Trinajstić information content (AvgIpc) is 2.75. The number of allylic oxidation sites excluding steroid dienone is 1. The van der Waals surface area contributed by atoms with Gasteiger partial charge < -0.3 is 14.8 Å². The highest BCUT2D eigenvalue weighted by molar-refractivity contribution is 5.84. The van der Waals surface area contributed by atoms with E-state index in [1.165, 1.54) is 0 Å². The number of hydrogen-bond acceptors (Lipinski definition) is 5. The van der Waals surface area contributed by atoms with Gasteiger partial charge in [-0.2, -0.15) is 5.01 Å². The number of hydrazine groups is 1. The molecule has 2 amide bonds. The van der Waals surface area contributed by atoms with Gasteiger partial charge in [0.15, 0.2) is 0 Å². The lowest BCUT2D eigenvalue weighted by Crippen LogP contribution is -2.46. The zero-order chi connectivity index (χ0) is 21.9. The van der Waals surface area contributed by atoms with E-state index >= 15 is 0 Å². The number of nitrogens with zero attached hydrogens (tertiary/aromatic N) is 1. The standard InChI is InChI=1S/C23H29N3O4/c1-5-20(26(23(28)30-7-3)25-22(27)29-6-2)21(18-14-9-8-10-15-18)24-19-16-12-11-13-17(19)4/h8-16,24H,5-7H2,1-4H3,(H,25,27)/b21-20-. The molecule has 0 spiro atoms. The Hall–Kier alpha value is -3.48. The Balaban J connectivity index is 2.60. The first-order chi connectivity index (χ1) is 14.5. The van der Waals surface area contributed by atoms with Gasteiger partial charge in [-0.15, -0.1) is 0 Å². The zero-order valence-corrected chi connectivity index (χ0v) is 17.9. The van der Waals surface area contributed by atoms with Crippen LogP contribution < -0.4 is 10.7 Å². The van der Waals surface area contributed by atoms with Crippen LogP contribution in [0.15, 0.2) is 60.3 Å². The molecular formula is C23H29N3O4. The molecule has 0 unspecified atom stereocenters. The molecule has 0 radical (unpaired) electrons. The predicted octanol–water partition coefficient (Wildman–Crippen LogP) is 5.31. The van der Waals surface area contributed by atoms with E-state index in [-0.39, 0.29) is 13.2 Å². The highest BCUT2D eigenvalue weighted by Gasteiger charge is 2.25. The fraction of sp³-hybridized carbons (Fsp3) is 0.304. The summed E-state index contributed by atoms with van der Waals surface area (Å²) in [5, 5.41) is 4.54. The van der Waals surface area contributed by atoms with Crippen molar-refractivity contribution < 1.29 is 19.1 Å². The van der Waals surface area contributed by atoms with Crippen LogP contribution >= 0.6 is 0 Å². The number of carbonyl (C=O) groups excluding carboxylic acids is 2. The van der Waals surface area contributed by atoms with Crippen molar-refractivity contribution in [1.29, 1.82) is 0 Å². The van der Waals surface area contributed by atoms with Gasteiger partial charge in [-0.25, -0.2) is 15.0 Å². The van der Waals surface area contributed by atoms with Crippen LogP contribution in [0.5, 0.6) is 0 Å². The Bertz CT molecular complexity index is 881. The second-order valence-electron chi connectivity index (χ2n) is 6.35. The second-order valence-corrected chi connectivity index (χ2v) is 6.35. The molecule has 2 rings (SSSR count). The Morgan fingerprint density at radius 2 is 1.53 bits per heavy atom. The Kier molecular flexibility index (Phi) is 8.75. The first-order valence-corrected chi connectivity index (χ1v) is 10.0. The van der Waals surface area contributed by atoms with Gasteiger partial charge in [-0.1, -0.05) is 55.5 Å². The molecule has 0 saturated heterocycles. The van der Waals surface area contributed by atoms with Crippen molar-refractivity contribution in [2.45, 2.75) is 34.1 Å². The number of benzene rings is 2. The lowest BCUT2D eigenvalue weighted by molar-refractivity contribution is 0.0867. The van der Waals surface area contributed by atoms with Gasteiger partial charge in [-0.3, -0.25) is 0 Å². The molecule has 0 saturated carbocycles. The lowest BCUT2D eigenvalue weighted by atomic mass is 10.1. The average molecular weight is 412 g/mol. The minimum Gasteiger partial charge on any atom is -0.449 e. The van der Waals surface area contributed by atoms with Gasteiger partial charge in [0.25, 0.3) is 0 Å². The van der Waals surface area contributed by atoms with Crippen LogP contribution in [0.3, 0.4) is 0 Å². The van der Waals surface area contributed by atoms with E-state index in [1.54, 1.807) is 13.8 Å². The van der Waals surface area contributed by atoms with E-state index in [4.69, 9.17) is 9.47 Å². The molecule has 0 aliphatic heterocycles. The van der Waals surface area contributed by atoms with Crippen LogP contribution in [0.1, 0.15) is 38.3 Å². The largest absolute Gasteiger partial charge is 0.449 e. The molecular weight excluding hydrogens is 382 g/mol. The van der Waals surface area contributed by atoms with Crippen LogP contribution in [0.2, 0.25) is 0 Å². The molecule has 0 fully saturated rings. The van der Waals surface area contributed by atoms with Crippen molar-refractivity contribution in [1.82, 2.24) is 10.4 Å². The van der Waals surface area contributed by atoms with Crippen LogP contribution in [-0.4, -0.2) is 30.4 Å². The number of anilines is 1. The minimum atomic E-state index is -0.736. The number of hydrogen-bond donors (Lipinski definition) is 2. The lowest BCUT2D eigenvalue weighted by Gasteiger charge is -2.27. The summed E-state index contributed by atoms with van der Waals surface area (Å²) in [6.45, 7) is 7.65. The molecule has 2 aromatic rings. The van der Waals surface area contributed by atoms with Crippen LogP contribution in [0, 0.1) is 6.92 Å². The molecule has 7 heteroatoms. The van der Waals surface area contributed by atoms with E-state index in [2.05, 4.69) is 10.7 Å². The van der Waals surface area contributed by atoms with Crippen LogP contribution in [0.4, 0.5) is 15.3 Å². The maximum atomic E-state index is 12.7. The molecule has 2 N–H and O–H groups in total. The topological polar surface area (TPSA) is 79.9 Å². The summed E-state index contributed by atoms with van der Waals surface area (Å²) < 4.78 is 10.2. The molecule has 0 aliphatic rings. The number of carbonyl (C=O) groups is 2. The van der Waals surface area contributed by atoms with Crippen molar-refractivity contribution in [3.05, 3.63) is 71.4 Å². The van der Waals surface area contributed by atoms with Gasteiger partial charge in [0.2, 0.25) is 0 Å². The predicted molar refractivity (Wildman–Crippen MR) is 117 cm³/mol. The summed E-state index contributed by atoms with van der Waals surface area (Å²) in [4.78, 5) is 24.8. The van der Waals surface area contributed by atoms with E-state index in [1.807, 2.05) is 68.4 Å². The van der Waals surface area contributed by atoms with E-state index in [0.29, 0.717) is 17.8 Å². The first kappa shape index (κ1) is 22.8. The van der Waals surface area contributed by atoms with Crippen LogP contribution in [-0.2, 0) is 9.47 Å². The molecule has 0 atom stereocenters. The third-order valence-electron chi connectivity index (χ3n) is 4.29. The number of amides is 2. The highest BCUT2D eigenvalue weighted by atomic mass is 16.6. The third kappa shape index (κ3) is 6.01. The Morgan fingerprint density at radius 3 is 2.13 bits per heavy atom. The van der Waals surface area contributed by atoms with Crippen molar-refractivity contribution in [3.8, 4) is 0 Å². The molecule has 160 valence electrons. The van der Waals surface area contributed by atoms with Crippen molar-refractivity contribution in [2.24, 2.45) is 0 Å². The van der Waals surface area contributed by atoms with Gasteiger partial charge in [0.1, 0.15) is 0 Å². The number of ether oxygens (including phenoxy) is 2. The molecule has 0 heterocycles. The number of aryl methyl sites for hydroxylation is 1. The molecule has 7 nitrogen and oxygen atoms in total. The van der Waals surface area contributed by atoms with Gasteiger partial charge in [0, 0.05) is 5.69 Å². The number of nitrogens with one attached hydrogen (secondary N) is 2. The van der Waals surface area contributed by atoms with Gasteiger partial charge in [0.05, 0.1) is 24.6 Å². The quantitative estimate of drug-likeness (QED) is 0.604. The summed E-state index contributed by atoms with van der Waals surface area (Å²) in [7, 11) is 0. The molecule has 0 aliphatic carbocycles. The fourth-order valence-corrected chi connectivity index (χ4v) is 2.88. The van der Waals surface area contributed by atoms with Crippen LogP contribution in [0.25, 0.3) is 5.70 Å². The second kappa shape index (κ2) is 11.5. The summed E-state index contributed by atoms with van der Waals surface area (Å²) in [6, 6.07) is 17.5. The third-order valence-corrected chi connectivity index (χ3v) is 4.29. The summed E-state index contributed by atoms with van der Waals surface area (Å²) in [5.41, 5.74) is 6.51. The minimum absolute atomic E-state index is 0.169. The maximum Gasteiger partial charge on any atom is 0.433 e. The Labute approximate surface area is 177 Å². The fourth-order valence-electron chi connectivity index (χ4n) is 2.88. The number of rotatable bonds is 7. The van der Waals surface area contributed by atoms with E-state index in [9.17, 15) is 9.59 Å². The molecule has 30 heavy (non-hydrogen) atoms. The van der Waals surface area contributed by atoms with Gasteiger partial charge >= 0.3 is 12.2 Å². The Morgan fingerprint density at radius 1 is 0.900 bits per heavy atom. The maximum absolute atomic E-state index is 12.7. The molecule has 2 aromatic carbocycles. The van der Waals surface area contributed by atoms with Crippen molar-refractivity contribution >= 4 is 23.6 Å². The SMILES string of the molecule is CCOC(=O)NN(C(=O)OCC)/C(CC)=C(\Nc1ccccc1C)c1ccccc1. The van der Waals surface area contributed by atoms with E-state index < -0.39 is 12.2 Å². The zero-order valence-electron chi connectivity index (χ0n) is 17.9. The summed E-state index contributed by atoms with van der Waals surface area (Å²) in [5.74, 6) is 0. The van der Waals surface area contributed by atoms with E-state index in [0.717, 1.165) is 21.8 Å². The highest BCUT2D eigenvalue weighted by Crippen LogP contribution is 2.27. The summed E-state index contributed by atoms with van der Waals surface area (Å²) >= 11 is 0. The van der Waals surface area contributed by atoms with Gasteiger partial charge in [-0.05, 0) is 44.4 Å². The van der Waals surface area contributed by atoms with Crippen molar-refractivity contribution in [3.63, 3.8) is 0 Å². The normalized spacial score (nSPS) is 11.2. The monoisotopic (exact) mass is 411 g/mol. The summed E-state index contributed by atoms with van der Waals surface area (Å²) in [6.07, 6.45) is -0.990. The first-order valence-electron chi connectivity index (χ1n) is 10.0. The molecule has 0 bridgehead atoms.